The van der Waals surface area contributed by atoms with Crippen molar-refractivity contribution in [1.82, 2.24) is 10.2 Å². The number of rotatable bonds is 6. The molecular formula is C20H23ClN4. The lowest BCUT2D eigenvalue weighted by atomic mass is 9.75. The number of aliphatic imine (C=N–C) groups is 1. The van der Waals surface area contributed by atoms with Crippen LogP contribution < -0.4 is 0 Å². The zero-order chi connectivity index (χ0) is 17.8. The van der Waals surface area contributed by atoms with Crippen molar-refractivity contribution in [3.8, 4) is 6.07 Å². The lowest BCUT2D eigenvalue weighted by Crippen LogP contribution is -2.26. The fourth-order valence-electron chi connectivity index (χ4n) is 3.58. The third-order valence-electron chi connectivity index (χ3n) is 4.78. The number of unbranched alkanes of at least 4 members (excludes halogenated alkanes) is 1. The van der Waals surface area contributed by atoms with Crippen LogP contribution in [0.5, 0.6) is 0 Å². The van der Waals surface area contributed by atoms with Gasteiger partial charge in [-0.2, -0.15) is 10.4 Å². The summed E-state index contributed by atoms with van der Waals surface area (Å²) in [4.78, 5) is 4.73. The maximum Gasteiger partial charge on any atom is 0.177 e. The standard InChI is InChI=1S/C20H23ClN4/c1-3-5-11-17-19-18(13-9-6-7-10-15(13)21)14(12-22)16(8-4-2)23-20(19)25-24-17/h6-7,9-10,14,18H,3-5,8,11H2,1-2H3,(H,24,25). The number of hydrogen-bond acceptors (Lipinski definition) is 3. The second-order valence-electron chi connectivity index (χ2n) is 6.50. The summed E-state index contributed by atoms with van der Waals surface area (Å²) in [5.74, 6) is 0.314. The van der Waals surface area contributed by atoms with Gasteiger partial charge in [-0.05, 0) is 30.9 Å². The van der Waals surface area contributed by atoms with E-state index in [1.807, 2.05) is 24.3 Å². The fraction of sp³-hybridized carbons (Fsp3) is 0.450. The van der Waals surface area contributed by atoms with Gasteiger partial charge in [-0.25, -0.2) is 4.99 Å². The molecule has 5 heteroatoms. The van der Waals surface area contributed by atoms with Gasteiger partial charge < -0.3 is 0 Å². The van der Waals surface area contributed by atoms with Crippen LogP contribution in [0.1, 0.15) is 62.3 Å². The normalized spacial score (nSPS) is 19.2. The molecule has 1 aromatic heterocycles. The summed E-state index contributed by atoms with van der Waals surface area (Å²) in [6, 6.07) is 10.3. The molecule has 4 nitrogen and oxygen atoms in total. The summed E-state index contributed by atoms with van der Waals surface area (Å²) < 4.78 is 0. The van der Waals surface area contributed by atoms with Gasteiger partial charge in [0.15, 0.2) is 5.82 Å². The Hall–Kier alpha value is -2.12. The maximum atomic E-state index is 9.94. The molecule has 2 aromatic rings. The first-order chi connectivity index (χ1) is 12.2. The topological polar surface area (TPSA) is 64.8 Å². The van der Waals surface area contributed by atoms with Gasteiger partial charge in [0.1, 0.15) is 0 Å². The van der Waals surface area contributed by atoms with Crippen LogP contribution in [0.4, 0.5) is 5.82 Å². The number of nitrogens with zero attached hydrogens (tertiary/aromatic N) is 3. The number of nitrogens with one attached hydrogen (secondary N) is 1. The summed E-state index contributed by atoms with van der Waals surface area (Å²) in [5, 5.41) is 18.2. The summed E-state index contributed by atoms with van der Waals surface area (Å²) in [5.41, 5.74) is 4.03. The smallest absolute Gasteiger partial charge is 0.177 e. The predicted molar refractivity (Wildman–Crippen MR) is 102 cm³/mol. The Morgan fingerprint density at radius 1 is 1.20 bits per heavy atom. The van der Waals surface area contributed by atoms with Gasteiger partial charge in [-0.15, -0.1) is 0 Å². The second kappa shape index (κ2) is 7.84. The molecule has 2 atom stereocenters. The summed E-state index contributed by atoms with van der Waals surface area (Å²) in [6.45, 7) is 4.28. The second-order valence-corrected chi connectivity index (χ2v) is 6.91. The Morgan fingerprint density at radius 2 is 2.00 bits per heavy atom. The average molecular weight is 355 g/mol. The number of nitriles is 1. The first-order valence-corrected chi connectivity index (χ1v) is 9.37. The van der Waals surface area contributed by atoms with Crippen LogP contribution in [0, 0.1) is 17.2 Å². The molecule has 0 amide bonds. The Bertz CT molecular complexity index is 815. The molecule has 2 heterocycles. The van der Waals surface area contributed by atoms with Crippen LogP contribution in [0.3, 0.4) is 0 Å². The number of fused-ring (bicyclic) bond motifs is 1. The molecule has 0 radical (unpaired) electrons. The van der Waals surface area contributed by atoms with E-state index in [0.29, 0.717) is 5.02 Å². The van der Waals surface area contributed by atoms with E-state index >= 15 is 0 Å². The zero-order valence-corrected chi connectivity index (χ0v) is 15.5. The highest BCUT2D eigenvalue weighted by molar-refractivity contribution is 6.31. The molecule has 130 valence electrons. The SMILES string of the molecule is CCCCc1[nH]nc2c1C(c1ccccc1Cl)C(C#N)C(CCC)=N2. The highest BCUT2D eigenvalue weighted by Crippen LogP contribution is 2.45. The van der Waals surface area contributed by atoms with Crippen LogP contribution in [0.15, 0.2) is 29.3 Å². The number of aryl methyl sites for hydroxylation is 1. The van der Waals surface area contributed by atoms with E-state index in [-0.39, 0.29) is 11.8 Å². The minimum Gasteiger partial charge on any atom is -0.280 e. The van der Waals surface area contributed by atoms with Crippen LogP contribution in [0.2, 0.25) is 5.02 Å². The van der Waals surface area contributed by atoms with Crippen LogP contribution in [0.25, 0.3) is 0 Å². The number of H-pyrrole nitrogens is 1. The summed E-state index contributed by atoms with van der Waals surface area (Å²) >= 11 is 6.51. The van der Waals surface area contributed by atoms with Gasteiger partial charge in [-0.3, -0.25) is 5.10 Å². The molecule has 0 aliphatic carbocycles. The fourth-order valence-corrected chi connectivity index (χ4v) is 3.83. The Labute approximate surface area is 153 Å². The molecule has 25 heavy (non-hydrogen) atoms. The van der Waals surface area contributed by atoms with Crippen molar-refractivity contribution in [3.63, 3.8) is 0 Å². The highest BCUT2D eigenvalue weighted by atomic mass is 35.5. The molecule has 0 saturated heterocycles. The van der Waals surface area contributed by atoms with Crippen LogP contribution >= 0.6 is 11.6 Å². The molecule has 3 rings (SSSR count). The average Bonchev–Trinajstić information content (AvgIpc) is 3.02. The van der Waals surface area contributed by atoms with Gasteiger partial charge in [0.05, 0.1) is 12.0 Å². The number of halogens is 1. The molecular weight excluding hydrogens is 332 g/mol. The van der Waals surface area contributed by atoms with Crippen molar-refractivity contribution in [3.05, 3.63) is 46.1 Å². The van der Waals surface area contributed by atoms with E-state index in [9.17, 15) is 5.26 Å². The van der Waals surface area contributed by atoms with Crippen molar-refractivity contribution in [2.75, 3.05) is 0 Å². The van der Waals surface area contributed by atoms with E-state index in [0.717, 1.165) is 60.5 Å². The lowest BCUT2D eigenvalue weighted by Gasteiger charge is -2.28. The zero-order valence-electron chi connectivity index (χ0n) is 14.7. The molecule has 0 fully saturated rings. The minimum absolute atomic E-state index is 0.113. The van der Waals surface area contributed by atoms with E-state index in [1.165, 1.54) is 0 Å². The van der Waals surface area contributed by atoms with Crippen molar-refractivity contribution < 1.29 is 0 Å². The van der Waals surface area contributed by atoms with E-state index in [2.05, 4.69) is 30.1 Å². The first-order valence-electron chi connectivity index (χ1n) is 8.99. The van der Waals surface area contributed by atoms with E-state index in [4.69, 9.17) is 16.6 Å². The number of benzene rings is 1. The Balaban J connectivity index is 2.17. The molecule has 1 aliphatic rings. The van der Waals surface area contributed by atoms with Crippen molar-refractivity contribution in [2.24, 2.45) is 10.9 Å². The minimum atomic E-state index is -0.301. The van der Waals surface area contributed by atoms with E-state index in [1.54, 1.807) is 0 Å². The molecule has 0 bridgehead atoms. The highest BCUT2D eigenvalue weighted by Gasteiger charge is 2.38. The molecule has 2 unspecified atom stereocenters. The maximum absolute atomic E-state index is 9.94. The summed E-state index contributed by atoms with van der Waals surface area (Å²) in [7, 11) is 0. The number of hydrogen-bond donors (Lipinski definition) is 1. The number of aromatic amines is 1. The Kier molecular flexibility index (Phi) is 5.55. The monoisotopic (exact) mass is 354 g/mol. The van der Waals surface area contributed by atoms with Gasteiger partial charge in [-0.1, -0.05) is 56.5 Å². The Morgan fingerprint density at radius 3 is 2.68 bits per heavy atom. The van der Waals surface area contributed by atoms with Crippen molar-refractivity contribution in [1.29, 1.82) is 5.26 Å². The largest absolute Gasteiger partial charge is 0.280 e. The van der Waals surface area contributed by atoms with E-state index < -0.39 is 0 Å². The number of aromatic nitrogens is 2. The van der Waals surface area contributed by atoms with Gasteiger partial charge >= 0.3 is 0 Å². The molecule has 1 aromatic carbocycles. The van der Waals surface area contributed by atoms with Gasteiger partial charge in [0.2, 0.25) is 0 Å². The molecule has 0 spiro atoms. The third kappa shape index (κ3) is 3.34. The quantitative estimate of drug-likeness (QED) is 0.737. The van der Waals surface area contributed by atoms with Crippen LogP contribution in [-0.2, 0) is 6.42 Å². The molecule has 1 aliphatic heterocycles. The lowest BCUT2D eigenvalue weighted by molar-refractivity contribution is 0.682. The summed E-state index contributed by atoms with van der Waals surface area (Å²) in [6.07, 6.45) is 4.85. The van der Waals surface area contributed by atoms with Crippen LogP contribution in [-0.4, -0.2) is 15.9 Å². The van der Waals surface area contributed by atoms with Gasteiger partial charge in [0.25, 0.3) is 0 Å². The molecule has 1 N–H and O–H groups in total. The predicted octanol–water partition coefficient (Wildman–Crippen LogP) is 5.56. The molecule has 0 saturated carbocycles. The first kappa shape index (κ1) is 17.7. The van der Waals surface area contributed by atoms with Gasteiger partial charge in [0, 0.05) is 27.9 Å². The van der Waals surface area contributed by atoms with Crippen molar-refractivity contribution >= 4 is 23.1 Å². The van der Waals surface area contributed by atoms with Crippen molar-refractivity contribution in [2.45, 2.75) is 51.9 Å². The third-order valence-corrected chi connectivity index (χ3v) is 5.13.